The third-order valence-corrected chi connectivity index (χ3v) is 7.64. The third-order valence-electron chi connectivity index (χ3n) is 6.43. The van der Waals surface area contributed by atoms with Crippen LogP contribution in [0.15, 0.2) is 66.9 Å². The molecule has 3 aromatic heterocycles. The number of thiophene rings is 1. The Kier molecular flexibility index (Phi) is 6.05. The molecule has 4 heterocycles. The Bertz CT molecular complexity index is 1500. The number of ether oxygens (including phenoxy) is 1. The fourth-order valence-corrected chi connectivity index (χ4v) is 5.60. The van der Waals surface area contributed by atoms with Crippen LogP contribution in [-0.2, 0) is 6.42 Å². The number of hydrogen-bond acceptors (Lipinski definition) is 7. The molecule has 0 spiro atoms. The highest BCUT2D eigenvalue weighted by Gasteiger charge is 2.29. The summed E-state index contributed by atoms with van der Waals surface area (Å²) >= 11 is 1.49. The van der Waals surface area contributed by atoms with Gasteiger partial charge in [-0.2, -0.15) is 0 Å². The van der Waals surface area contributed by atoms with Gasteiger partial charge >= 0.3 is 0 Å². The lowest BCUT2D eigenvalue weighted by Gasteiger charge is -2.23. The minimum absolute atomic E-state index is 0.00949. The Hall–Kier alpha value is -4.24. The molecule has 1 aliphatic heterocycles. The summed E-state index contributed by atoms with van der Waals surface area (Å²) < 4.78 is 5.31. The summed E-state index contributed by atoms with van der Waals surface area (Å²) in [4.78, 5) is 38.8. The number of carbonyl (C=O) groups excluding carboxylic acids is 2. The van der Waals surface area contributed by atoms with Gasteiger partial charge < -0.3 is 20.3 Å². The molecule has 0 unspecified atom stereocenters. The maximum atomic E-state index is 13.8. The summed E-state index contributed by atoms with van der Waals surface area (Å²) in [6.45, 7) is 0.485. The molecule has 6 rings (SSSR count). The Balaban J connectivity index is 1.29. The fraction of sp³-hybridized carbons (Fsp3) is 0.214. The molecule has 0 atom stereocenters. The smallest absolute Gasteiger partial charge is 0.276 e. The van der Waals surface area contributed by atoms with Gasteiger partial charge in [-0.1, -0.05) is 24.3 Å². The van der Waals surface area contributed by atoms with E-state index in [2.05, 4.69) is 20.6 Å². The van der Waals surface area contributed by atoms with Crippen LogP contribution in [0.25, 0.3) is 10.4 Å². The molecule has 1 aromatic carbocycles. The molecule has 1 fully saturated rings. The van der Waals surface area contributed by atoms with Crippen LogP contribution in [0.4, 0.5) is 17.2 Å². The van der Waals surface area contributed by atoms with Gasteiger partial charge in [0.2, 0.25) is 5.88 Å². The van der Waals surface area contributed by atoms with Crippen molar-refractivity contribution in [1.82, 2.24) is 15.3 Å². The highest BCUT2D eigenvalue weighted by atomic mass is 32.1. The Labute approximate surface area is 218 Å². The second-order valence-corrected chi connectivity index (χ2v) is 10.1. The van der Waals surface area contributed by atoms with E-state index in [1.807, 2.05) is 36.4 Å². The molecule has 1 saturated carbocycles. The van der Waals surface area contributed by atoms with Crippen molar-refractivity contribution in [3.8, 4) is 16.3 Å². The molecule has 2 N–H and O–H groups in total. The van der Waals surface area contributed by atoms with Gasteiger partial charge in [-0.25, -0.2) is 9.97 Å². The number of carbonyl (C=O) groups is 2. The average molecular weight is 512 g/mol. The number of anilines is 3. The number of nitrogens with one attached hydrogen (secondary N) is 2. The second kappa shape index (κ2) is 9.67. The van der Waals surface area contributed by atoms with Crippen molar-refractivity contribution >= 4 is 40.3 Å². The van der Waals surface area contributed by atoms with Gasteiger partial charge in [0.25, 0.3) is 11.8 Å². The van der Waals surface area contributed by atoms with Crippen molar-refractivity contribution in [2.24, 2.45) is 0 Å². The van der Waals surface area contributed by atoms with Crippen LogP contribution in [-0.4, -0.2) is 41.5 Å². The quantitative estimate of drug-likeness (QED) is 0.376. The molecule has 8 nitrogen and oxygen atoms in total. The van der Waals surface area contributed by atoms with Crippen LogP contribution in [0, 0.1) is 0 Å². The summed E-state index contributed by atoms with van der Waals surface area (Å²) in [6.07, 6.45) is 4.40. The number of aromatic nitrogens is 2. The van der Waals surface area contributed by atoms with Gasteiger partial charge in [0.05, 0.1) is 17.7 Å². The highest BCUT2D eigenvalue weighted by molar-refractivity contribution is 7.17. The van der Waals surface area contributed by atoms with Gasteiger partial charge in [-0.15, -0.1) is 11.3 Å². The van der Waals surface area contributed by atoms with Crippen LogP contribution >= 0.6 is 11.3 Å². The predicted molar refractivity (Wildman–Crippen MR) is 144 cm³/mol. The number of benzene rings is 1. The fourth-order valence-electron chi connectivity index (χ4n) is 4.45. The minimum Gasteiger partial charge on any atom is -0.480 e. The lowest BCUT2D eigenvalue weighted by molar-refractivity contribution is 0.0952. The van der Waals surface area contributed by atoms with Gasteiger partial charge in [0.1, 0.15) is 17.2 Å². The first kappa shape index (κ1) is 23.2. The Morgan fingerprint density at radius 3 is 2.78 bits per heavy atom. The monoisotopic (exact) mass is 511 g/mol. The van der Waals surface area contributed by atoms with Crippen LogP contribution in [0.1, 0.15) is 38.6 Å². The number of hydrogen-bond donors (Lipinski definition) is 2. The molecule has 2 aliphatic rings. The molecule has 9 heteroatoms. The number of amides is 2. The molecule has 186 valence electrons. The van der Waals surface area contributed by atoms with E-state index < -0.39 is 0 Å². The topological polar surface area (TPSA) is 96.5 Å². The van der Waals surface area contributed by atoms with Crippen molar-refractivity contribution in [3.63, 3.8) is 0 Å². The van der Waals surface area contributed by atoms with Gasteiger partial charge in [0, 0.05) is 29.2 Å². The lowest BCUT2D eigenvalue weighted by Crippen LogP contribution is -2.33. The first-order chi connectivity index (χ1) is 18.1. The van der Waals surface area contributed by atoms with Gasteiger partial charge in [-0.05, 0) is 61.2 Å². The van der Waals surface area contributed by atoms with Crippen LogP contribution in [0.3, 0.4) is 0 Å². The summed E-state index contributed by atoms with van der Waals surface area (Å²) in [5, 5.41) is 6.27. The molecule has 1 aliphatic carbocycles. The summed E-state index contributed by atoms with van der Waals surface area (Å²) in [7, 11) is 1.55. The molecular weight excluding hydrogens is 486 g/mol. The number of fused-ring (bicyclic) bond motifs is 3. The Morgan fingerprint density at radius 2 is 1.95 bits per heavy atom. The average Bonchev–Trinajstić information content (AvgIpc) is 3.67. The SMILES string of the molecule is COc1ncccc1Nc1cccc(C(=O)N2CCc3cc(C(=O)NC4CC4)sc3-c3ccccc32)n1. The minimum atomic E-state index is -0.184. The van der Waals surface area contributed by atoms with Crippen LogP contribution in [0.2, 0.25) is 0 Å². The maximum Gasteiger partial charge on any atom is 0.276 e. The van der Waals surface area contributed by atoms with E-state index in [4.69, 9.17) is 4.74 Å². The van der Waals surface area contributed by atoms with Crippen molar-refractivity contribution < 1.29 is 14.3 Å². The van der Waals surface area contributed by atoms with E-state index in [9.17, 15) is 9.59 Å². The highest BCUT2D eigenvalue weighted by Crippen LogP contribution is 2.42. The zero-order valence-electron chi connectivity index (χ0n) is 20.2. The van der Waals surface area contributed by atoms with E-state index in [1.165, 1.54) is 11.3 Å². The lowest BCUT2D eigenvalue weighted by atomic mass is 10.1. The standard InChI is InChI=1S/C28H25N5O3S/c1-36-27-20(8-5-14-29-27)31-24-10-4-7-21(32-24)28(35)33-15-13-17-16-23(26(34)30-18-11-12-18)37-25(17)19-6-2-3-9-22(19)33/h2-10,14,16,18H,11-13,15H2,1H3,(H,30,34)(H,31,32). The van der Waals surface area contributed by atoms with Crippen molar-refractivity contribution in [2.75, 3.05) is 23.9 Å². The van der Waals surface area contributed by atoms with Crippen molar-refractivity contribution in [3.05, 3.63) is 83.0 Å². The largest absolute Gasteiger partial charge is 0.480 e. The van der Waals surface area contributed by atoms with E-state index >= 15 is 0 Å². The van der Waals surface area contributed by atoms with Gasteiger partial charge in [0.15, 0.2) is 0 Å². The number of rotatable bonds is 6. The van der Waals surface area contributed by atoms with Crippen LogP contribution in [0.5, 0.6) is 5.88 Å². The summed E-state index contributed by atoms with van der Waals surface area (Å²) in [5.41, 5.74) is 3.84. The van der Waals surface area contributed by atoms with E-state index in [0.717, 1.165) is 39.4 Å². The van der Waals surface area contributed by atoms with Crippen LogP contribution < -0.4 is 20.3 Å². The maximum absolute atomic E-state index is 13.8. The zero-order valence-corrected chi connectivity index (χ0v) is 21.0. The van der Waals surface area contributed by atoms with E-state index in [1.54, 1.807) is 42.5 Å². The molecule has 37 heavy (non-hydrogen) atoms. The number of para-hydroxylation sites is 1. The van der Waals surface area contributed by atoms with E-state index in [0.29, 0.717) is 42.1 Å². The molecule has 0 bridgehead atoms. The van der Waals surface area contributed by atoms with Crippen molar-refractivity contribution in [2.45, 2.75) is 25.3 Å². The second-order valence-electron chi connectivity index (χ2n) is 9.03. The molecule has 2 amide bonds. The summed E-state index contributed by atoms with van der Waals surface area (Å²) in [5.74, 6) is 0.769. The third kappa shape index (κ3) is 4.65. The normalized spacial score (nSPS) is 14.2. The number of methoxy groups -OCH3 is 1. The molecule has 0 saturated heterocycles. The zero-order chi connectivity index (χ0) is 25.4. The number of pyridine rings is 2. The Morgan fingerprint density at radius 1 is 1.08 bits per heavy atom. The molecular formula is C28H25N5O3S. The molecule has 0 radical (unpaired) electrons. The van der Waals surface area contributed by atoms with E-state index in [-0.39, 0.29) is 11.8 Å². The van der Waals surface area contributed by atoms with Gasteiger partial charge in [-0.3, -0.25) is 9.59 Å². The first-order valence-corrected chi connectivity index (χ1v) is 13.0. The number of nitrogens with zero attached hydrogens (tertiary/aromatic N) is 3. The molecule has 4 aromatic rings. The summed E-state index contributed by atoms with van der Waals surface area (Å²) in [6, 6.07) is 19.1. The predicted octanol–water partition coefficient (Wildman–Crippen LogP) is 5.05. The van der Waals surface area contributed by atoms with Crippen molar-refractivity contribution in [1.29, 1.82) is 0 Å². The first-order valence-electron chi connectivity index (χ1n) is 12.2.